The van der Waals surface area contributed by atoms with Gasteiger partial charge in [0.25, 0.3) is 0 Å². The third-order valence-corrected chi connectivity index (χ3v) is 3.94. The van der Waals surface area contributed by atoms with Gasteiger partial charge in [0.2, 0.25) is 0 Å². The van der Waals surface area contributed by atoms with Crippen molar-refractivity contribution in [1.29, 1.82) is 0 Å². The number of nitrogens with zero attached hydrogens (tertiary/aromatic N) is 1. The van der Waals surface area contributed by atoms with Crippen LogP contribution < -0.4 is 10.1 Å². The second-order valence-corrected chi connectivity index (χ2v) is 5.59. The van der Waals surface area contributed by atoms with Gasteiger partial charge in [-0.05, 0) is 57.9 Å². The van der Waals surface area contributed by atoms with E-state index < -0.39 is 0 Å². The molecule has 0 fully saturated rings. The van der Waals surface area contributed by atoms with Gasteiger partial charge in [0.1, 0.15) is 5.75 Å². The maximum atomic E-state index is 5.24. The first-order valence-electron chi connectivity index (χ1n) is 6.67. The summed E-state index contributed by atoms with van der Waals surface area (Å²) in [5.41, 5.74) is 3.28. The van der Waals surface area contributed by atoms with Gasteiger partial charge in [0, 0.05) is 23.8 Å². The molecule has 1 N–H and O–H groups in total. The Morgan fingerprint density at radius 1 is 1.14 bits per heavy atom. The molecule has 0 aliphatic carbocycles. The van der Waals surface area contributed by atoms with Crippen LogP contribution in [-0.2, 0) is 6.54 Å². The van der Waals surface area contributed by atoms with E-state index in [-0.39, 0.29) is 0 Å². The third kappa shape index (κ3) is 3.16. The molecule has 3 aromatic rings. The van der Waals surface area contributed by atoms with E-state index >= 15 is 0 Å². The Morgan fingerprint density at radius 3 is 2.86 bits per heavy atom. The van der Waals surface area contributed by atoms with Crippen molar-refractivity contribution in [3.63, 3.8) is 0 Å². The molecule has 0 aliphatic rings. The fourth-order valence-corrected chi connectivity index (χ4v) is 2.80. The summed E-state index contributed by atoms with van der Waals surface area (Å²) in [7, 11) is 1.67. The van der Waals surface area contributed by atoms with E-state index in [9.17, 15) is 0 Å². The summed E-state index contributed by atoms with van der Waals surface area (Å²) in [4.78, 5) is 4.32. The molecule has 4 heteroatoms. The van der Waals surface area contributed by atoms with Crippen molar-refractivity contribution in [2.75, 3.05) is 12.4 Å². The van der Waals surface area contributed by atoms with E-state index in [0.29, 0.717) is 0 Å². The first-order valence-corrected chi connectivity index (χ1v) is 7.46. The zero-order valence-corrected chi connectivity index (χ0v) is 13.2. The van der Waals surface area contributed by atoms with Crippen molar-refractivity contribution >= 4 is 32.5 Å². The molecule has 0 bridgehead atoms. The molecule has 0 atom stereocenters. The van der Waals surface area contributed by atoms with Crippen LogP contribution >= 0.6 is 15.9 Å². The van der Waals surface area contributed by atoms with E-state index in [1.165, 1.54) is 5.56 Å². The number of fused-ring (bicyclic) bond motifs is 1. The summed E-state index contributed by atoms with van der Waals surface area (Å²) < 4.78 is 6.20. The number of methoxy groups -OCH3 is 1. The number of benzene rings is 2. The van der Waals surface area contributed by atoms with Gasteiger partial charge in [-0.2, -0.15) is 0 Å². The number of nitrogens with one attached hydrogen (secondary N) is 1. The summed E-state index contributed by atoms with van der Waals surface area (Å²) in [6.45, 7) is 0.758. The topological polar surface area (TPSA) is 34.1 Å². The zero-order valence-electron chi connectivity index (χ0n) is 11.6. The molecule has 0 unspecified atom stereocenters. The molecular formula is C17H15BrN2O. The lowest BCUT2D eigenvalue weighted by Crippen LogP contribution is -1.99. The SMILES string of the molecule is COc1ccc(CNc2ccc3ncccc3c2)cc1Br. The molecule has 0 radical (unpaired) electrons. The van der Waals surface area contributed by atoms with Crippen LogP contribution in [0.1, 0.15) is 5.56 Å². The Labute approximate surface area is 132 Å². The van der Waals surface area contributed by atoms with E-state index in [4.69, 9.17) is 4.74 Å². The van der Waals surface area contributed by atoms with Gasteiger partial charge >= 0.3 is 0 Å². The molecule has 3 rings (SSSR count). The van der Waals surface area contributed by atoms with E-state index in [1.54, 1.807) is 7.11 Å². The number of hydrogen-bond donors (Lipinski definition) is 1. The summed E-state index contributed by atoms with van der Waals surface area (Å²) >= 11 is 3.51. The minimum atomic E-state index is 0.758. The molecule has 21 heavy (non-hydrogen) atoms. The van der Waals surface area contributed by atoms with Crippen LogP contribution in [0.15, 0.2) is 59.2 Å². The largest absolute Gasteiger partial charge is 0.496 e. The van der Waals surface area contributed by atoms with Gasteiger partial charge in [-0.15, -0.1) is 0 Å². The van der Waals surface area contributed by atoms with Crippen molar-refractivity contribution < 1.29 is 4.74 Å². The van der Waals surface area contributed by atoms with Gasteiger partial charge < -0.3 is 10.1 Å². The van der Waals surface area contributed by atoms with Crippen molar-refractivity contribution in [1.82, 2.24) is 4.98 Å². The fraction of sp³-hybridized carbons (Fsp3) is 0.118. The Hall–Kier alpha value is -2.07. The van der Waals surface area contributed by atoms with Gasteiger partial charge in [0.15, 0.2) is 0 Å². The highest BCUT2D eigenvalue weighted by atomic mass is 79.9. The van der Waals surface area contributed by atoms with Crippen LogP contribution in [0.2, 0.25) is 0 Å². The minimum Gasteiger partial charge on any atom is -0.496 e. The Kier molecular flexibility index (Phi) is 4.06. The summed E-state index contributed by atoms with van der Waals surface area (Å²) in [6, 6.07) is 16.3. The predicted octanol–water partition coefficient (Wildman–Crippen LogP) is 4.62. The average molecular weight is 343 g/mol. The molecule has 106 valence electrons. The number of pyridine rings is 1. The van der Waals surface area contributed by atoms with Crippen LogP contribution in [0, 0.1) is 0 Å². The molecule has 0 amide bonds. The van der Waals surface area contributed by atoms with Crippen molar-refractivity contribution in [3.8, 4) is 5.75 Å². The highest BCUT2D eigenvalue weighted by Gasteiger charge is 2.02. The van der Waals surface area contributed by atoms with Crippen LogP contribution in [-0.4, -0.2) is 12.1 Å². The maximum absolute atomic E-state index is 5.24. The standard InChI is InChI=1S/C17H15BrN2O/c1-21-17-7-4-12(9-15(17)18)11-20-14-5-6-16-13(10-14)3-2-8-19-16/h2-10,20H,11H2,1H3. The monoisotopic (exact) mass is 342 g/mol. The van der Waals surface area contributed by atoms with E-state index in [2.05, 4.69) is 50.5 Å². The molecule has 0 aliphatic heterocycles. The first-order chi connectivity index (χ1) is 10.3. The minimum absolute atomic E-state index is 0.758. The van der Waals surface area contributed by atoms with Crippen LogP contribution in [0.3, 0.4) is 0 Å². The number of aromatic nitrogens is 1. The molecule has 1 aromatic heterocycles. The molecule has 1 heterocycles. The number of hydrogen-bond acceptors (Lipinski definition) is 3. The van der Waals surface area contributed by atoms with Crippen LogP contribution in [0.25, 0.3) is 10.9 Å². The highest BCUT2D eigenvalue weighted by molar-refractivity contribution is 9.10. The summed E-state index contributed by atoms with van der Waals surface area (Å²) in [5.74, 6) is 0.843. The van der Waals surface area contributed by atoms with Gasteiger partial charge in [0.05, 0.1) is 17.1 Å². The highest BCUT2D eigenvalue weighted by Crippen LogP contribution is 2.26. The molecule has 3 nitrogen and oxygen atoms in total. The van der Waals surface area contributed by atoms with E-state index in [0.717, 1.165) is 33.4 Å². The lowest BCUT2D eigenvalue weighted by Gasteiger charge is -2.09. The van der Waals surface area contributed by atoms with Gasteiger partial charge in [-0.1, -0.05) is 12.1 Å². The quantitative estimate of drug-likeness (QED) is 0.751. The van der Waals surface area contributed by atoms with Crippen molar-refractivity contribution in [2.45, 2.75) is 6.54 Å². The third-order valence-electron chi connectivity index (χ3n) is 3.32. The average Bonchev–Trinajstić information content (AvgIpc) is 2.53. The number of rotatable bonds is 4. The summed E-state index contributed by atoms with van der Waals surface area (Å²) in [5, 5.41) is 4.57. The lowest BCUT2D eigenvalue weighted by molar-refractivity contribution is 0.412. The van der Waals surface area contributed by atoms with Crippen molar-refractivity contribution in [3.05, 3.63) is 64.8 Å². The van der Waals surface area contributed by atoms with E-state index in [1.807, 2.05) is 30.5 Å². The van der Waals surface area contributed by atoms with Gasteiger partial charge in [-0.3, -0.25) is 4.98 Å². The zero-order chi connectivity index (χ0) is 14.7. The maximum Gasteiger partial charge on any atom is 0.133 e. The fourth-order valence-electron chi connectivity index (χ4n) is 2.21. The van der Waals surface area contributed by atoms with Crippen molar-refractivity contribution in [2.24, 2.45) is 0 Å². The Bertz CT molecular complexity index is 774. The number of halogens is 1. The molecule has 0 spiro atoms. The second kappa shape index (κ2) is 6.14. The molecule has 0 saturated carbocycles. The van der Waals surface area contributed by atoms with Gasteiger partial charge in [-0.25, -0.2) is 0 Å². The Balaban J connectivity index is 1.75. The summed E-state index contributed by atoms with van der Waals surface area (Å²) in [6.07, 6.45) is 1.81. The number of anilines is 1. The normalized spacial score (nSPS) is 10.6. The lowest BCUT2D eigenvalue weighted by atomic mass is 10.2. The number of ether oxygens (including phenoxy) is 1. The Morgan fingerprint density at radius 2 is 2.05 bits per heavy atom. The first kappa shape index (κ1) is 13.9. The second-order valence-electron chi connectivity index (χ2n) is 4.73. The molecular weight excluding hydrogens is 328 g/mol. The smallest absolute Gasteiger partial charge is 0.133 e. The molecule has 2 aromatic carbocycles. The predicted molar refractivity (Wildman–Crippen MR) is 89.8 cm³/mol. The van der Waals surface area contributed by atoms with Crippen LogP contribution in [0.4, 0.5) is 5.69 Å². The van der Waals surface area contributed by atoms with Crippen LogP contribution in [0.5, 0.6) is 5.75 Å². The molecule has 0 saturated heterocycles.